The number of hydrogen-bond donors (Lipinski definition) is 1. The summed E-state index contributed by atoms with van der Waals surface area (Å²) in [5.74, 6) is 0.563. The molecule has 0 saturated heterocycles. The molecule has 0 saturated carbocycles. The first kappa shape index (κ1) is 14.8. The molecule has 0 unspecified atom stereocenters. The van der Waals surface area contributed by atoms with Gasteiger partial charge in [0.2, 0.25) is 0 Å². The number of amides is 1. The summed E-state index contributed by atoms with van der Waals surface area (Å²) < 4.78 is 2.70. The molecule has 0 bridgehead atoms. The first-order valence-corrected chi connectivity index (χ1v) is 7.93. The Labute approximate surface area is 142 Å². The van der Waals surface area contributed by atoms with E-state index < -0.39 is 0 Å². The first-order valence-electron chi connectivity index (χ1n) is 6.85. The molecule has 2 aromatic carbocycles. The Hall–Kier alpha value is -2.15. The van der Waals surface area contributed by atoms with E-state index in [1.807, 2.05) is 54.6 Å². The summed E-state index contributed by atoms with van der Waals surface area (Å²) in [5, 5.41) is 7.21. The van der Waals surface area contributed by atoms with Crippen molar-refractivity contribution in [2.45, 2.75) is 6.54 Å². The van der Waals surface area contributed by atoms with Gasteiger partial charge in [-0.25, -0.2) is 4.68 Å². The van der Waals surface area contributed by atoms with Crippen molar-refractivity contribution in [3.8, 4) is 0 Å². The number of anilines is 1. The Kier molecular flexibility index (Phi) is 4.53. The van der Waals surface area contributed by atoms with Gasteiger partial charge >= 0.3 is 0 Å². The van der Waals surface area contributed by atoms with Crippen LogP contribution < -0.4 is 5.32 Å². The monoisotopic (exact) mass is 403 g/mol. The van der Waals surface area contributed by atoms with Crippen molar-refractivity contribution in [3.05, 3.63) is 81.6 Å². The molecule has 0 fully saturated rings. The van der Waals surface area contributed by atoms with Gasteiger partial charge in [0.1, 0.15) is 5.82 Å². The second-order valence-electron chi connectivity index (χ2n) is 4.79. The molecule has 0 radical (unpaired) electrons. The molecule has 1 aromatic heterocycles. The molecule has 0 spiro atoms. The van der Waals surface area contributed by atoms with Gasteiger partial charge in [-0.1, -0.05) is 42.5 Å². The molecular weight excluding hydrogens is 389 g/mol. The predicted octanol–water partition coefficient (Wildman–Crippen LogP) is 3.79. The largest absolute Gasteiger partial charge is 0.307 e. The third kappa shape index (κ3) is 3.36. The maximum absolute atomic E-state index is 12.4. The summed E-state index contributed by atoms with van der Waals surface area (Å²) in [6, 6.07) is 19.3. The number of nitrogens with zero attached hydrogens (tertiary/aromatic N) is 2. The van der Waals surface area contributed by atoms with Crippen molar-refractivity contribution < 1.29 is 4.79 Å². The standard InChI is InChI=1S/C17H14IN3O/c18-15-9-5-4-8-14(15)17(22)20-16-10-11-19-21(16)12-13-6-2-1-3-7-13/h1-11H,12H2,(H,20,22). The fourth-order valence-electron chi connectivity index (χ4n) is 2.15. The highest BCUT2D eigenvalue weighted by atomic mass is 127. The zero-order chi connectivity index (χ0) is 15.4. The van der Waals surface area contributed by atoms with Gasteiger partial charge in [-0.15, -0.1) is 0 Å². The number of carbonyl (C=O) groups excluding carboxylic acids is 1. The minimum atomic E-state index is -0.125. The Morgan fingerprint density at radius 1 is 1.05 bits per heavy atom. The number of nitrogens with one attached hydrogen (secondary N) is 1. The molecule has 3 aromatic rings. The second kappa shape index (κ2) is 6.74. The lowest BCUT2D eigenvalue weighted by molar-refractivity contribution is 0.102. The summed E-state index contributed by atoms with van der Waals surface area (Å²) in [5.41, 5.74) is 1.80. The van der Waals surface area contributed by atoms with Crippen molar-refractivity contribution in [2.24, 2.45) is 0 Å². The van der Waals surface area contributed by atoms with Crippen LogP contribution in [0.5, 0.6) is 0 Å². The van der Waals surface area contributed by atoms with Crippen molar-refractivity contribution >= 4 is 34.3 Å². The maximum Gasteiger partial charge on any atom is 0.257 e. The molecule has 1 amide bonds. The lowest BCUT2D eigenvalue weighted by atomic mass is 10.2. The average molecular weight is 403 g/mol. The molecule has 0 atom stereocenters. The molecule has 1 heterocycles. The summed E-state index contributed by atoms with van der Waals surface area (Å²) in [6.07, 6.45) is 1.69. The maximum atomic E-state index is 12.4. The Bertz CT molecular complexity index is 783. The molecule has 110 valence electrons. The molecule has 3 rings (SSSR count). The summed E-state index contributed by atoms with van der Waals surface area (Å²) in [6.45, 7) is 0.620. The summed E-state index contributed by atoms with van der Waals surface area (Å²) in [7, 11) is 0. The minimum Gasteiger partial charge on any atom is -0.307 e. The molecule has 1 N–H and O–H groups in total. The van der Waals surface area contributed by atoms with E-state index in [2.05, 4.69) is 33.0 Å². The Morgan fingerprint density at radius 3 is 2.55 bits per heavy atom. The molecule has 0 aliphatic carbocycles. The molecule has 4 nitrogen and oxygen atoms in total. The van der Waals surface area contributed by atoms with E-state index in [0.717, 1.165) is 9.13 Å². The van der Waals surface area contributed by atoms with Crippen LogP contribution in [0.15, 0.2) is 66.9 Å². The van der Waals surface area contributed by atoms with E-state index in [1.54, 1.807) is 16.9 Å². The number of carbonyl (C=O) groups is 1. The Balaban J connectivity index is 1.78. The highest BCUT2D eigenvalue weighted by molar-refractivity contribution is 14.1. The normalized spacial score (nSPS) is 10.4. The number of halogens is 1. The molecular formula is C17H14IN3O. The van der Waals surface area contributed by atoms with Gasteiger partial charge in [0.05, 0.1) is 18.3 Å². The third-order valence-electron chi connectivity index (χ3n) is 3.25. The van der Waals surface area contributed by atoms with Crippen LogP contribution in [-0.4, -0.2) is 15.7 Å². The SMILES string of the molecule is O=C(Nc1ccnn1Cc1ccccc1)c1ccccc1I. The molecule has 0 aliphatic heterocycles. The van der Waals surface area contributed by atoms with Gasteiger partial charge in [-0.3, -0.25) is 4.79 Å². The lowest BCUT2D eigenvalue weighted by Crippen LogP contribution is -2.17. The molecule has 22 heavy (non-hydrogen) atoms. The van der Waals surface area contributed by atoms with Crippen LogP contribution in [0.1, 0.15) is 15.9 Å². The average Bonchev–Trinajstić information content (AvgIpc) is 2.95. The van der Waals surface area contributed by atoms with Crippen LogP contribution in [0.25, 0.3) is 0 Å². The minimum absolute atomic E-state index is 0.125. The van der Waals surface area contributed by atoms with E-state index in [0.29, 0.717) is 17.9 Å². The second-order valence-corrected chi connectivity index (χ2v) is 5.96. The summed E-state index contributed by atoms with van der Waals surface area (Å²) in [4.78, 5) is 12.4. The van der Waals surface area contributed by atoms with Gasteiger partial charge in [0.25, 0.3) is 5.91 Å². The number of benzene rings is 2. The van der Waals surface area contributed by atoms with Gasteiger partial charge in [0.15, 0.2) is 0 Å². The molecule has 5 heteroatoms. The smallest absolute Gasteiger partial charge is 0.257 e. The van der Waals surface area contributed by atoms with Gasteiger partial charge in [-0.2, -0.15) is 5.10 Å². The zero-order valence-corrected chi connectivity index (χ0v) is 13.9. The van der Waals surface area contributed by atoms with Gasteiger partial charge in [0, 0.05) is 9.64 Å². The third-order valence-corrected chi connectivity index (χ3v) is 4.19. The number of rotatable bonds is 4. The van der Waals surface area contributed by atoms with Crippen molar-refractivity contribution in [3.63, 3.8) is 0 Å². The van der Waals surface area contributed by atoms with Crippen LogP contribution in [-0.2, 0) is 6.54 Å². The summed E-state index contributed by atoms with van der Waals surface area (Å²) >= 11 is 2.16. The van der Waals surface area contributed by atoms with Crippen LogP contribution in [0.2, 0.25) is 0 Å². The van der Waals surface area contributed by atoms with E-state index >= 15 is 0 Å². The Morgan fingerprint density at radius 2 is 1.77 bits per heavy atom. The van der Waals surface area contributed by atoms with Crippen LogP contribution in [0.4, 0.5) is 5.82 Å². The number of aromatic nitrogens is 2. The fraction of sp³-hybridized carbons (Fsp3) is 0.0588. The van der Waals surface area contributed by atoms with Gasteiger partial charge < -0.3 is 5.32 Å². The highest BCUT2D eigenvalue weighted by Gasteiger charge is 2.12. The predicted molar refractivity (Wildman–Crippen MR) is 94.9 cm³/mol. The highest BCUT2D eigenvalue weighted by Crippen LogP contribution is 2.15. The van der Waals surface area contributed by atoms with Crippen LogP contribution in [0.3, 0.4) is 0 Å². The van der Waals surface area contributed by atoms with Crippen molar-refractivity contribution in [1.82, 2.24) is 9.78 Å². The fourth-order valence-corrected chi connectivity index (χ4v) is 2.78. The van der Waals surface area contributed by atoms with E-state index in [1.165, 1.54) is 0 Å². The zero-order valence-electron chi connectivity index (χ0n) is 11.7. The molecule has 0 aliphatic rings. The van der Waals surface area contributed by atoms with Crippen LogP contribution >= 0.6 is 22.6 Å². The van der Waals surface area contributed by atoms with E-state index in [9.17, 15) is 4.79 Å². The van der Waals surface area contributed by atoms with E-state index in [-0.39, 0.29) is 5.91 Å². The number of hydrogen-bond acceptors (Lipinski definition) is 2. The van der Waals surface area contributed by atoms with E-state index in [4.69, 9.17) is 0 Å². The lowest BCUT2D eigenvalue weighted by Gasteiger charge is -2.10. The first-order chi connectivity index (χ1) is 10.7. The quantitative estimate of drug-likeness (QED) is 0.674. The van der Waals surface area contributed by atoms with Crippen molar-refractivity contribution in [1.29, 1.82) is 0 Å². The van der Waals surface area contributed by atoms with Crippen molar-refractivity contribution in [2.75, 3.05) is 5.32 Å². The van der Waals surface area contributed by atoms with Crippen LogP contribution in [0, 0.1) is 3.57 Å². The topological polar surface area (TPSA) is 46.9 Å². The van der Waals surface area contributed by atoms with Gasteiger partial charge in [-0.05, 0) is 40.3 Å².